The van der Waals surface area contributed by atoms with Crippen LogP contribution in [0.1, 0.15) is 103 Å². The van der Waals surface area contributed by atoms with Crippen molar-refractivity contribution in [3.63, 3.8) is 0 Å². The Kier molecular flexibility index (Phi) is 24.1. The van der Waals surface area contributed by atoms with Gasteiger partial charge in [0.05, 0.1) is 19.1 Å². The van der Waals surface area contributed by atoms with Gasteiger partial charge in [0, 0.05) is 53.5 Å². The lowest BCUT2D eigenvalue weighted by Gasteiger charge is -2.33. The number of aliphatic imine (C=N–C) groups is 1. The molecule has 0 unspecified atom stereocenters. The Balaban J connectivity index is 1.48. The molecule has 1 saturated heterocycles. The van der Waals surface area contributed by atoms with Crippen LogP contribution in [0.3, 0.4) is 0 Å². The number of nitrogens with zero attached hydrogens (tertiary/aromatic N) is 2. The average molecular weight is 1100 g/mol. The van der Waals surface area contributed by atoms with Crippen molar-refractivity contribution < 1.29 is 53.1 Å². The van der Waals surface area contributed by atoms with Gasteiger partial charge in [-0.15, -0.1) is 0 Å². The molecule has 0 bridgehead atoms. The number of benzene rings is 1. The second-order valence-corrected chi connectivity index (χ2v) is 20.9. The molecule has 25 nitrogen and oxygen atoms in total. The van der Waals surface area contributed by atoms with E-state index in [1.165, 1.54) is 11.8 Å². The number of fused-ring (bicyclic) bond motifs is 1. The number of aromatic amines is 1. The number of likely N-dealkylation sites (tertiary alicyclic amines) is 1. The van der Waals surface area contributed by atoms with Crippen molar-refractivity contribution in [2.75, 3.05) is 25.4 Å². The van der Waals surface area contributed by atoms with Crippen LogP contribution in [-0.2, 0) is 54.4 Å². The number of amides is 10. The highest BCUT2D eigenvalue weighted by Crippen LogP contribution is 2.36. The van der Waals surface area contributed by atoms with Crippen LogP contribution in [0.5, 0.6) is 0 Å². The second-order valence-electron chi connectivity index (χ2n) is 19.6. The summed E-state index contributed by atoms with van der Waals surface area (Å²) in [5.74, 6) is -9.33. The van der Waals surface area contributed by atoms with Gasteiger partial charge in [-0.3, -0.25) is 52.9 Å². The van der Waals surface area contributed by atoms with Crippen LogP contribution in [0.15, 0.2) is 35.5 Å². The molecular formula is C49H76N14O11S2. The van der Waals surface area contributed by atoms with E-state index in [9.17, 15) is 53.1 Å². The van der Waals surface area contributed by atoms with Gasteiger partial charge in [-0.25, -0.2) is 0 Å². The summed E-state index contributed by atoms with van der Waals surface area (Å²) in [5, 5.41) is 29.6. The van der Waals surface area contributed by atoms with E-state index in [0.717, 1.165) is 48.6 Å². The SMILES string of the molecule is CC[C@@H](C)[C@H](NC(=O)[C@H](Cc1c[nH]c2ccccc12)NC(=O)CC1(S)CCCCC1)C(=O)N[C@H](C(=O)N[C@@H](CC(N)=O)C(=O)N[C@@H](CS)C(=O)N1CCC[C@H]1C(=O)N[C@@H](CCCN=C(N)N)C(=O)NCC(N)=O)[C@H](C)O. The number of rotatable bonds is 29. The van der Waals surface area contributed by atoms with Gasteiger partial charge in [0.25, 0.3) is 0 Å². The van der Waals surface area contributed by atoms with E-state index >= 15 is 0 Å². The fourth-order valence-electron chi connectivity index (χ4n) is 9.24. The van der Waals surface area contributed by atoms with Gasteiger partial charge in [-0.1, -0.05) is 57.7 Å². The van der Waals surface area contributed by atoms with Gasteiger partial charge in [0.1, 0.15) is 42.3 Å². The van der Waals surface area contributed by atoms with Crippen molar-refractivity contribution in [3.05, 3.63) is 36.0 Å². The van der Waals surface area contributed by atoms with Gasteiger partial charge in [-0.05, 0) is 63.0 Å². The van der Waals surface area contributed by atoms with Crippen LogP contribution in [0.4, 0.5) is 0 Å². The molecule has 420 valence electrons. The van der Waals surface area contributed by atoms with Crippen LogP contribution in [0, 0.1) is 5.92 Å². The highest BCUT2D eigenvalue weighted by molar-refractivity contribution is 7.81. The summed E-state index contributed by atoms with van der Waals surface area (Å²) in [6.45, 7) is 4.34. The van der Waals surface area contributed by atoms with Crippen molar-refractivity contribution in [1.29, 1.82) is 0 Å². The minimum absolute atomic E-state index is 0.0384. The third-order valence-corrected chi connectivity index (χ3v) is 14.5. The maximum absolute atomic E-state index is 14.3. The van der Waals surface area contributed by atoms with Gasteiger partial charge in [0.15, 0.2) is 5.96 Å². The molecule has 10 amide bonds. The summed E-state index contributed by atoms with van der Waals surface area (Å²) in [4.78, 5) is 143. The Morgan fingerprint density at radius 2 is 1.43 bits per heavy atom. The van der Waals surface area contributed by atoms with E-state index in [0.29, 0.717) is 12.8 Å². The minimum Gasteiger partial charge on any atom is -0.391 e. The molecule has 1 aliphatic carbocycles. The number of carbonyl (C=O) groups is 10. The monoisotopic (exact) mass is 1100 g/mol. The molecule has 2 aromatic rings. The molecule has 2 heterocycles. The Bertz CT molecular complexity index is 2430. The lowest BCUT2D eigenvalue weighted by molar-refractivity contribution is -0.142. The number of hydrogen-bond donors (Lipinski definition) is 15. The standard InChI is InChI=1S/C49H76N14O11S2/c1-4-26(2)39(61-43(70)32(20-28-23-55-30-13-7-6-12-29(28)30)57-38(67)22-49(76)16-8-5-9-17-49)45(72)62-40(27(3)64)46(73)59-33(21-36(50)65)42(69)60-34(25-75)47(74)63-19-11-15-35(63)44(71)58-31(14-10-18-54-48(52)53)41(68)56-24-37(51)66/h6-7,12-13,23,26-27,31-35,39-40,55,64,75-76H,4-5,8-11,14-22,24-25H2,1-3H3,(H2,50,65)(H2,51,66)(H,56,68)(H,57,67)(H,58,71)(H,59,73)(H,60,69)(H,61,70)(H,62,72)(H4,52,53,54)/t26-,27+,31+,32+,33+,34+,35+,39+,40+/m1/s1. The van der Waals surface area contributed by atoms with E-state index in [1.807, 2.05) is 24.3 Å². The van der Waals surface area contributed by atoms with Crippen LogP contribution < -0.4 is 60.2 Å². The fraction of sp³-hybridized carbons (Fsp3) is 0.612. The Labute approximate surface area is 452 Å². The number of aliphatic hydroxyl groups excluding tert-OH is 1. The number of H-pyrrole nitrogens is 1. The number of aliphatic hydroxyl groups is 1. The second kappa shape index (κ2) is 29.6. The van der Waals surface area contributed by atoms with Gasteiger partial charge in [0.2, 0.25) is 59.1 Å². The van der Waals surface area contributed by atoms with Crippen molar-refractivity contribution in [3.8, 4) is 0 Å². The van der Waals surface area contributed by atoms with Gasteiger partial charge >= 0.3 is 0 Å². The summed E-state index contributed by atoms with van der Waals surface area (Å²) in [6.07, 6.45) is 4.99. The predicted molar refractivity (Wildman–Crippen MR) is 289 cm³/mol. The summed E-state index contributed by atoms with van der Waals surface area (Å²) in [5.41, 5.74) is 23.0. The first-order chi connectivity index (χ1) is 36.0. The number of aromatic nitrogens is 1. The normalized spacial score (nSPS) is 18.2. The maximum atomic E-state index is 14.3. The third-order valence-electron chi connectivity index (χ3n) is 13.6. The predicted octanol–water partition coefficient (Wildman–Crippen LogP) is -2.48. The van der Waals surface area contributed by atoms with E-state index in [1.54, 1.807) is 20.0 Å². The Hall–Kier alpha value is -6.61. The average Bonchev–Trinajstić information content (AvgIpc) is 4.03. The van der Waals surface area contributed by atoms with Crippen molar-refractivity contribution in [2.45, 2.75) is 157 Å². The summed E-state index contributed by atoms with van der Waals surface area (Å²) >= 11 is 9.11. The van der Waals surface area contributed by atoms with Crippen LogP contribution in [0.2, 0.25) is 0 Å². The van der Waals surface area contributed by atoms with Gasteiger partial charge < -0.3 is 75.1 Å². The highest BCUT2D eigenvalue weighted by atomic mass is 32.1. The number of primary amides is 2. The maximum Gasteiger partial charge on any atom is 0.246 e. The number of para-hydroxylation sites is 1. The molecule has 1 aliphatic heterocycles. The first-order valence-corrected chi connectivity index (χ1v) is 26.6. The molecular weight excluding hydrogens is 1020 g/mol. The zero-order chi connectivity index (χ0) is 56.3. The summed E-state index contributed by atoms with van der Waals surface area (Å²) in [6, 6.07) is -2.29. The Morgan fingerprint density at radius 1 is 0.789 bits per heavy atom. The minimum atomic E-state index is -1.78. The largest absolute Gasteiger partial charge is 0.391 e. The van der Waals surface area contributed by atoms with E-state index in [4.69, 9.17) is 35.6 Å². The third kappa shape index (κ3) is 18.6. The van der Waals surface area contributed by atoms with Crippen molar-refractivity contribution in [2.24, 2.45) is 33.8 Å². The van der Waals surface area contributed by atoms with Crippen LogP contribution in [-0.4, -0.2) is 159 Å². The smallest absolute Gasteiger partial charge is 0.246 e. The zero-order valence-corrected chi connectivity index (χ0v) is 45.0. The molecule has 4 rings (SSSR count). The number of nitrogens with one attached hydrogen (secondary N) is 8. The topological polar surface area (TPSA) is 411 Å². The Morgan fingerprint density at radius 3 is 2.07 bits per heavy atom. The highest BCUT2D eigenvalue weighted by Gasteiger charge is 2.41. The summed E-state index contributed by atoms with van der Waals surface area (Å²) in [7, 11) is 0. The molecule has 1 saturated carbocycles. The number of hydrogen-bond acceptors (Lipinski definition) is 14. The van der Waals surface area contributed by atoms with Crippen molar-refractivity contribution >= 4 is 101 Å². The van der Waals surface area contributed by atoms with Crippen LogP contribution >= 0.6 is 25.3 Å². The quantitative estimate of drug-likeness (QED) is 0.0174. The first-order valence-electron chi connectivity index (χ1n) is 25.5. The van der Waals surface area contributed by atoms with E-state index < -0.39 is 125 Å². The number of guanidine groups is 1. The zero-order valence-electron chi connectivity index (χ0n) is 43.2. The first kappa shape index (κ1) is 61.9. The van der Waals surface area contributed by atoms with Gasteiger partial charge in [-0.2, -0.15) is 25.3 Å². The molecule has 1 aromatic heterocycles. The molecule has 9 atom stereocenters. The number of carbonyl (C=O) groups excluding carboxylic acids is 10. The number of thiol groups is 2. The molecule has 76 heavy (non-hydrogen) atoms. The fourth-order valence-corrected chi connectivity index (χ4v) is 9.94. The molecule has 2 aliphatic rings. The van der Waals surface area contributed by atoms with E-state index in [-0.39, 0.29) is 62.8 Å². The number of nitrogens with two attached hydrogens (primary N) is 4. The lowest BCUT2D eigenvalue weighted by atomic mass is 9.85. The van der Waals surface area contributed by atoms with E-state index in [2.05, 4.69) is 59.8 Å². The lowest BCUT2D eigenvalue weighted by Crippen LogP contribution is -2.63. The molecule has 2 fully saturated rings. The summed E-state index contributed by atoms with van der Waals surface area (Å²) < 4.78 is -0.539. The van der Waals surface area contributed by atoms with Crippen molar-refractivity contribution in [1.82, 2.24) is 47.1 Å². The molecule has 0 radical (unpaired) electrons. The van der Waals surface area contributed by atoms with Crippen LogP contribution in [0.25, 0.3) is 10.9 Å². The molecule has 0 spiro atoms. The molecule has 1 aromatic carbocycles. The molecule has 17 N–H and O–H groups in total. The molecule has 27 heteroatoms.